The van der Waals surface area contributed by atoms with E-state index in [4.69, 9.17) is 4.84 Å². The number of rotatable bonds is 3. The Balaban J connectivity index is 2.14. The van der Waals surface area contributed by atoms with Crippen molar-refractivity contribution in [2.24, 2.45) is 5.16 Å². The number of nitrogens with zero attached hydrogens (tertiary/aromatic N) is 3. The number of hydrogen-bond acceptors (Lipinski definition) is 4. The molecule has 0 saturated carbocycles. The van der Waals surface area contributed by atoms with E-state index in [0.29, 0.717) is 0 Å². The minimum Gasteiger partial charge on any atom is -0.393 e. The van der Waals surface area contributed by atoms with E-state index in [2.05, 4.69) is 27.5 Å². The summed E-state index contributed by atoms with van der Waals surface area (Å²) in [6, 6.07) is 8.18. The van der Waals surface area contributed by atoms with Gasteiger partial charge in [0.05, 0.1) is 21.6 Å². The van der Waals surface area contributed by atoms with Crippen molar-refractivity contribution >= 4 is 33.0 Å². The highest BCUT2D eigenvalue weighted by Gasteiger charge is 2.15. The second-order valence-electron chi connectivity index (χ2n) is 5.07. The van der Waals surface area contributed by atoms with Crippen molar-refractivity contribution in [1.29, 1.82) is 0 Å². The van der Waals surface area contributed by atoms with E-state index < -0.39 is 0 Å². The van der Waals surface area contributed by atoms with Gasteiger partial charge >= 0.3 is 0 Å². The first-order chi connectivity index (χ1) is 9.58. The highest BCUT2D eigenvalue weighted by atomic mass is 32.1. The predicted molar refractivity (Wildman–Crippen MR) is 83.7 cm³/mol. The Kier molecular flexibility index (Phi) is 3.22. The van der Waals surface area contributed by atoms with Gasteiger partial charge in [0.15, 0.2) is 4.96 Å². The number of para-hydroxylation sites is 2. The summed E-state index contributed by atoms with van der Waals surface area (Å²) in [6.07, 6.45) is 0.0927. The molecule has 0 amide bonds. The molecule has 0 unspecified atom stereocenters. The monoisotopic (exact) mass is 287 g/mol. The van der Waals surface area contributed by atoms with Gasteiger partial charge in [0.2, 0.25) is 0 Å². The third kappa shape index (κ3) is 2.08. The summed E-state index contributed by atoms with van der Waals surface area (Å²) in [7, 11) is 0. The van der Waals surface area contributed by atoms with E-state index in [1.165, 1.54) is 0 Å². The summed E-state index contributed by atoms with van der Waals surface area (Å²) in [5.74, 6) is 0. The van der Waals surface area contributed by atoms with Crippen LogP contribution in [0.5, 0.6) is 0 Å². The Morgan fingerprint density at radius 3 is 2.85 bits per heavy atom. The van der Waals surface area contributed by atoms with Crippen LogP contribution in [0.3, 0.4) is 0 Å². The van der Waals surface area contributed by atoms with Crippen LogP contribution in [0.4, 0.5) is 0 Å². The molecule has 0 N–H and O–H groups in total. The van der Waals surface area contributed by atoms with Crippen LogP contribution in [0.25, 0.3) is 16.0 Å². The molecule has 2 heterocycles. The normalized spacial score (nSPS) is 12.8. The van der Waals surface area contributed by atoms with Gasteiger partial charge in [0.1, 0.15) is 6.10 Å². The largest absolute Gasteiger partial charge is 0.393 e. The molecule has 20 heavy (non-hydrogen) atoms. The zero-order valence-electron chi connectivity index (χ0n) is 12.0. The predicted octanol–water partition coefficient (Wildman–Crippen LogP) is 4.01. The van der Waals surface area contributed by atoms with E-state index in [-0.39, 0.29) is 6.10 Å². The quantitative estimate of drug-likeness (QED) is 0.539. The van der Waals surface area contributed by atoms with Crippen molar-refractivity contribution in [3.8, 4) is 0 Å². The Morgan fingerprint density at radius 2 is 2.10 bits per heavy atom. The van der Waals surface area contributed by atoms with Crippen LogP contribution in [0.2, 0.25) is 0 Å². The second kappa shape index (κ2) is 4.90. The van der Waals surface area contributed by atoms with Gasteiger partial charge in [-0.1, -0.05) is 28.6 Å². The number of oxime groups is 1. The molecule has 0 radical (unpaired) electrons. The van der Waals surface area contributed by atoms with Gasteiger partial charge < -0.3 is 4.84 Å². The standard InChI is InChI=1S/C15H17N3OS/c1-9(2)19-17-10(3)14-11(4)18-13-8-6-5-7-12(13)16-15(18)20-14/h5-9H,1-4H3/b17-10-. The molecule has 0 aliphatic heterocycles. The molecule has 0 atom stereocenters. The van der Waals surface area contributed by atoms with Gasteiger partial charge in [-0.3, -0.25) is 4.40 Å². The molecule has 0 fully saturated rings. The van der Waals surface area contributed by atoms with Crippen LogP contribution >= 0.6 is 11.3 Å². The molecule has 0 saturated heterocycles. The van der Waals surface area contributed by atoms with Gasteiger partial charge in [0.25, 0.3) is 0 Å². The Morgan fingerprint density at radius 1 is 1.35 bits per heavy atom. The Hall–Kier alpha value is -1.88. The molecule has 0 spiro atoms. The van der Waals surface area contributed by atoms with E-state index in [1.807, 2.05) is 39.0 Å². The average molecular weight is 287 g/mol. The molecule has 1 aromatic carbocycles. The minimum absolute atomic E-state index is 0.0927. The first-order valence-electron chi connectivity index (χ1n) is 6.65. The Bertz CT molecular complexity index is 798. The lowest BCUT2D eigenvalue weighted by Crippen LogP contribution is -2.02. The van der Waals surface area contributed by atoms with Gasteiger partial charge in [-0.2, -0.15) is 0 Å². The molecule has 0 aliphatic rings. The third-order valence-electron chi connectivity index (χ3n) is 3.12. The molecule has 4 nitrogen and oxygen atoms in total. The van der Waals surface area contributed by atoms with E-state index in [9.17, 15) is 0 Å². The summed E-state index contributed by atoms with van der Waals surface area (Å²) >= 11 is 1.65. The lowest BCUT2D eigenvalue weighted by Gasteiger charge is -2.04. The highest BCUT2D eigenvalue weighted by molar-refractivity contribution is 7.19. The molecule has 2 aromatic heterocycles. The molecule has 5 heteroatoms. The number of thiazole rings is 1. The van der Waals surface area contributed by atoms with E-state index in [1.54, 1.807) is 11.3 Å². The lowest BCUT2D eigenvalue weighted by atomic mass is 10.3. The van der Waals surface area contributed by atoms with Crippen LogP contribution < -0.4 is 0 Å². The van der Waals surface area contributed by atoms with Crippen LogP contribution in [0.15, 0.2) is 29.4 Å². The average Bonchev–Trinajstić information content (AvgIpc) is 2.93. The fourth-order valence-electron chi connectivity index (χ4n) is 2.22. The maximum atomic E-state index is 5.34. The number of aromatic nitrogens is 2. The van der Waals surface area contributed by atoms with Crippen molar-refractivity contribution < 1.29 is 4.84 Å². The number of imidazole rings is 1. The fraction of sp³-hybridized carbons (Fsp3) is 0.333. The summed E-state index contributed by atoms with van der Waals surface area (Å²) in [6.45, 7) is 8.01. The van der Waals surface area contributed by atoms with E-state index >= 15 is 0 Å². The van der Waals surface area contributed by atoms with Gasteiger partial charge in [0, 0.05) is 5.69 Å². The number of benzene rings is 1. The first-order valence-corrected chi connectivity index (χ1v) is 7.47. The summed E-state index contributed by atoms with van der Waals surface area (Å²) in [5.41, 5.74) is 4.23. The maximum Gasteiger partial charge on any atom is 0.195 e. The molecular formula is C15H17N3OS. The smallest absolute Gasteiger partial charge is 0.195 e. The summed E-state index contributed by atoms with van der Waals surface area (Å²) in [4.78, 5) is 12.1. The van der Waals surface area contributed by atoms with Crippen molar-refractivity contribution in [3.05, 3.63) is 34.8 Å². The SMILES string of the molecule is C/C(=N/OC(C)C)c1sc2nc3ccccc3n2c1C. The third-order valence-corrected chi connectivity index (χ3v) is 4.37. The molecule has 0 bridgehead atoms. The topological polar surface area (TPSA) is 38.9 Å². The lowest BCUT2D eigenvalue weighted by molar-refractivity contribution is 0.0860. The zero-order chi connectivity index (χ0) is 14.3. The minimum atomic E-state index is 0.0927. The van der Waals surface area contributed by atoms with Crippen molar-refractivity contribution in [2.45, 2.75) is 33.8 Å². The van der Waals surface area contributed by atoms with Crippen LogP contribution in [0, 0.1) is 6.92 Å². The summed E-state index contributed by atoms with van der Waals surface area (Å²) in [5, 5.41) is 4.20. The number of aryl methyl sites for hydroxylation is 1. The zero-order valence-corrected chi connectivity index (χ0v) is 12.9. The first kappa shape index (κ1) is 13.1. The molecule has 3 rings (SSSR count). The molecule has 104 valence electrons. The summed E-state index contributed by atoms with van der Waals surface area (Å²) < 4.78 is 2.18. The second-order valence-corrected chi connectivity index (χ2v) is 6.04. The maximum absolute atomic E-state index is 5.34. The van der Waals surface area contributed by atoms with Crippen LogP contribution in [-0.2, 0) is 4.84 Å². The van der Waals surface area contributed by atoms with Gasteiger partial charge in [-0.05, 0) is 39.8 Å². The van der Waals surface area contributed by atoms with Crippen LogP contribution in [0.1, 0.15) is 31.3 Å². The fourth-order valence-corrected chi connectivity index (χ4v) is 3.30. The van der Waals surface area contributed by atoms with Gasteiger partial charge in [-0.15, -0.1) is 0 Å². The number of fused-ring (bicyclic) bond motifs is 3. The highest BCUT2D eigenvalue weighted by Crippen LogP contribution is 2.28. The number of hydrogen-bond donors (Lipinski definition) is 0. The van der Waals surface area contributed by atoms with Crippen molar-refractivity contribution in [2.75, 3.05) is 0 Å². The van der Waals surface area contributed by atoms with Crippen molar-refractivity contribution in [3.63, 3.8) is 0 Å². The van der Waals surface area contributed by atoms with Crippen molar-refractivity contribution in [1.82, 2.24) is 9.38 Å². The molecule has 0 aliphatic carbocycles. The van der Waals surface area contributed by atoms with Crippen LogP contribution in [-0.4, -0.2) is 21.2 Å². The Labute approximate surface area is 121 Å². The molecular weight excluding hydrogens is 270 g/mol. The van der Waals surface area contributed by atoms with Gasteiger partial charge in [-0.25, -0.2) is 4.98 Å². The molecule has 3 aromatic rings. The van der Waals surface area contributed by atoms with E-state index in [0.717, 1.165) is 32.3 Å².